The highest BCUT2D eigenvalue weighted by Gasteiger charge is 2.07. The van der Waals surface area contributed by atoms with Crippen molar-refractivity contribution in [2.45, 2.75) is 32.7 Å². The first-order valence-corrected chi connectivity index (χ1v) is 7.67. The van der Waals surface area contributed by atoms with Crippen molar-refractivity contribution in [1.29, 1.82) is 0 Å². The van der Waals surface area contributed by atoms with Crippen LogP contribution in [0.25, 0.3) is 0 Å². The van der Waals surface area contributed by atoms with Crippen molar-refractivity contribution in [3.63, 3.8) is 0 Å². The number of hydrogen-bond donors (Lipinski definition) is 1. The summed E-state index contributed by atoms with van der Waals surface area (Å²) in [5.41, 5.74) is 0. The van der Waals surface area contributed by atoms with Crippen LogP contribution in [0.1, 0.15) is 24.5 Å². The molecule has 2 aromatic rings. The highest BCUT2D eigenvalue weighted by molar-refractivity contribution is 9.10. The summed E-state index contributed by atoms with van der Waals surface area (Å²) in [7, 11) is 0. The van der Waals surface area contributed by atoms with Gasteiger partial charge in [-0.1, -0.05) is 13.0 Å². The van der Waals surface area contributed by atoms with E-state index in [1.807, 2.05) is 6.07 Å². The molecule has 1 atom stereocenters. The molecule has 2 heterocycles. The Bertz CT molecular complexity index is 499. The van der Waals surface area contributed by atoms with Crippen molar-refractivity contribution in [1.82, 2.24) is 9.97 Å². The molecule has 0 saturated carbocycles. The lowest BCUT2D eigenvalue weighted by molar-refractivity contribution is 0.787. The monoisotopic (exact) mass is 325 g/mol. The number of hydrogen-bond acceptors (Lipinski definition) is 4. The van der Waals surface area contributed by atoms with Crippen molar-refractivity contribution < 1.29 is 0 Å². The van der Waals surface area contributed by atoms with E-state index in [4.69, 9.17) is 0 Å². The summed E-state index contributed by atoms with van der Waals surface area (Å²) < 4.78 is 0.833. The van der Waals surface area contributed by atoms with Crippen LogP contribution in [0.15, 0.2) is 28.2 Å². The minimum absolute atomic E-state index is 0.357. The summed E-state index contributed by atoms with van der Waals surface area (Å²) in [6.45, 7) is 4.22. The molecule has 0 fully saturated rings. The first kappa shape index (κ1) is 13.5. The molecular formula is C13H16BrN3S. The Morgan fingerprint density at radius 1 is 1.44 bits per heavy atom. The van der Waals surface area contributed by atoms with Gasteiger partial charge >= 0.3 is 0 Å². The molecule has 18 heavy (non-hydrogen) atoms. The summed E-state index contributed by atoms with van der Waals surface area (Å²) in [6.07, 6.45) is 1.86. The summed E-state index contributed by atoms with van der Waals surface area (Å²) in [6, 6.07) is 6.53. The van der Waals surface area contributed by atoms with Crippen LogP contribution < -0.4 is 5.32 Å². The van der Waals surface area contributed by atoms with Crippen LogP contribution >= 0.6 is 27.3 Å². The number of aromatic nitrogens is 2. The van der Waals surface area contributed by atoms with Crippen molar-refractivity contribution in [3.05, 3.63) is 38.9 Å². The van der Waals surface area contributed by atoms with Gasteiger partial charge in [0.2, 0.25) is 0 Å². The Kier molecular flexibility index (Phi) is 4.72. The topological polar surface area (TPSA) is 37.8 Å². The van der Waals surface area contributed by atoms with Crippen LogP contribution in [0.4, 0.5) is 5.82 Å². The van der Waals surface area contributed by atoms with Gasteiger partial charge in [-0.25, -0.2) is 9.97 Å². The molecule has 0 amide bonds. The molecule has 96 valence electrons. The maximum Gasteiger partial charge on any atom is 0.131 e. The zero-order valence-corrected chi connectivity index (χ0v) is 12.9. The van der Waals surface area contributed by atoms with Crippen LogP contribution in [-0.4, -0.2) is 16.0 Å². The minimum Gasteiger partial charge on any atom is -0.367 e. The molecule has 0 aliphatic carbocycles. The van der Waals surface area contributed by atoms with E-state index in [1.54, 1.807) is 11.3 Å². The third kappa shape index (κ3) is 3.78. The lowest BCUT2D eigenvalue weighted by Crippen LogP contribution is -2.18. The Morgan fingerprint density at radius 3 is 2.94 bits per heavy atom. The van der Waals surface area contributed by atoms with Gasteiger partial charge in [-0.2, -0.15) is 0 Å². The molecule has 0 saturated heterocycles. The SMILES string of the molecule is CCc1nc(Br)cc(NC(C)Cc2cccs2)n1. The predicted molar refractivity (Wildman–Crippen MR) is 80.2 cm³/mol. The van der Waals surface area contributed by atoms with Crippen LogP contribution in [0.3, 0.4) is 0 Å². The number of thiophene rings is 1. The first-order chi connectivity index (χ1) is 8.67. The van der Waals surface area contributed by atoms with Crippen molar-refractivity contribution in [2.75, 3.05) is 5.32 Å². The Labute approximate surface area is 120 Å². The van der Waals surface area contributed by atoms with E-state index in [-0.39, 0.29) is 0 Å². The van der Waals surface area contributed by atoms with Gasteiger partial charge in [-0.15, -0.1) is 11.3 Å². The van der Waals surface area contributed by atoms with Gasteiger partial charge in [-0.3, -0.25) is 0 Å². The minimum atomic E-state index is 0.357. The number of anilines is 1. The average Bonchev–Trinajstić information content (AvgIpc) is 2.80. The fourth-order valence-electron chi connectivity index (χ4n) is 1.73. The molecule has 0 bridgehead atoms. The van der Waals surface area contributed by atoms with Gasteiger partial charge in [-0.05, 0) is 34.3 Å². The third-order valence-electron chi connectivity index (χ3n) is 2.54. The summed E-state index contributed by atoms with van der Waals surface area (Å²) >= 11 is 5.21. The van der Waals surface area contributed by atoms with E-state index in [1.165, 1.54) is 4.88 Å². The highest BCUT2D eigenvalue weighted by atomic mass is 79.9. The molecule has 1 N–H and O–H groups in total. The van der Waals surface area contributed by atoms with Gasteiger partial charge in [0, 0.05) is 29.8 Å². The molecule has 2 rings (SSSR count). The molecule has 0 radical (unpaired) electrons. The smallest absolute Gasteiger partial charge is 0.131 e. The number of nitrogens with one attached hydrogen (secondary N) is 1. The number of nitrogens with zero attached hydrogens (tertiary/aromatic N) is 2. The quantitative estimate of drug-likeness (QED) is 0.847. The van der Waals surface area contributed by atoms with E-state index in [9.17, 15) is 0 Å². The number of aryl methyl sites for hydroxylation is 1. The third-order valence-corrected chi connectivity index (χ3v) is 3.84. The van der Waals surface area contributed by atoms with Gasteiger partial charge < -0.3 is 5.32 Å². The molecular weight excluding hydrogens is 310 g/mol. The second-order valence-corrected chi connectivity index (χ2v) is 6.02. The molecule has 0 aromatic carbocycles. The maximum absolute atomic E-state index is 4.47. The molecule has 2 aromatic heterocycles. The molecule has 0 aliphatic heterocycles. The van der Waals surface area contributed by atoms with E-state index >= 15 is 0 Å². The molecule has 1 unspecified atom stereocenters. The molecule has 0 spiro atoms. The molecule has 3 nitrogen and oxygen atoms in total. The standard InChI is InChI=1S/C13H16BrN3S/c1-3-12-16-11(14)8-13(17-12)15-9(2)7-10-5-4-6-18-10/h4-6,8-9H,3,7H2,1-2H3,(H,15,16,17). The second kappa shape index (κ2) is 6.29. The van der Waals surface area contributed by atoms with Gasteiger partial charge in [0.05, 0.1) is 0 Å². The van der Waals surface area contributed by atoms with Gasteiger partial charge in [0.15, 0.2) is 0 Å². The summed E-state index contributed by atoms with van der Waals surface area (Å²) in [5.74, 6) is 1.74. The van der Waals surface area contributed by atoms with Crippen molar-refractivity contribution >= 4 is 33.1 Å². The summed E-state index contributed by atoms with van der Waals surface area (Å²) in [4.78, 5) is 10.2. The zero-order valence-electron chi connectivity index (χ0n) is 10.5. The second-order valence-electron chi connectivity index (χ2n) is 4.17. The van der Waals surface area contributed by atoms with Crippen LogP contribution in [0.5, 0.6) is 0 Å². The summed E-state index contributed by atoms with van der Waals surface area (Å²) in [5, 5.41) is 5.53. The van der Waals surface area contributed by atoms with E-state index in [2.05, 4.69) is 62.6 Å². The van der Waals surface area contributed by atoms with E-state index in [0.717, 1.165) is 29.1 Å². The zero-order chi connectivity index (χ0) is 13.0. The lowest BCUT2D eigenvalue weighted by atomic mass is 10.2. The van der Waals surface area contributed by atoms with Crippen molar-refractivity contribution in [3.8, 4) is 0 Å². The van der Waals surface area contributed by atoms with Crippen LogP contribution in [0.2, 0.25) is 0 Å². The van der Waals surface area contributed by atoms with Crippen LogP contribution in [0, 0.1) is 0 Å². The Morgan fingerprint density at radius 2 is 2.28 bits per heavy atom. The van der Waals surface area contributed by atoms with Gasteiger partial charge in [0.25, 0.3) is 0 Å². The fraction of sp³-hybridized carbons (Fsp3) is 0.385. The average molecular weight is 326 g/mol. The maximum atomic E-state index is 4.47. The van der Waals surface area contributed by atoms with Crippen LogP contribution in [-0.2, 0) is 12.8 Å². The lowest BCUT2D eigenvalue weighted by Gasteiger charge is -2.14. The van der Waals surface area contributed by atoms with E-state index < -0.39 is 0 Å². The van der Waals surface area contributed by atoms with Crippen molar-refractivity contribution in [2.24, 2.45) is 0 Å². The highest BCUT2D eigenvalue weighted by Crippen LogP contribution is 2.16. The first-order valence-electron chi connectivity index (χ1n) is 5.99. The van der Waals surface area contributed by atoms with Gasteiger partial charge in [0.1, 0.15) is 16.2 Å². The van der Waals surface area contributed by atoms with E-state index in [0.29, 0.717) is 6.04 Å². The Balaban J connectivity index is 2.02. The molecule has 5 heteroatoms. The number of rotatable bonds is 5. The largest absolute Gasteiger partial charge is 0.367 e. The normalized spacial score (nSPS) is 12.4. The predicted octanol–water partition coefficient (Wildman–Crippen LogP) is 3.91. The fourth-order valence-corrected chi connectivity index (χ4v) is 2.99. The Hall–Kier alpha value is -0.940. The number of halogens is 1. The molecule has 0 aliphatic rings.